The number of carbonyl (C=O) groups is 2. The molecule has 0 aliphatic carbocycles. The van der Waals surface area contributed by atoms with E-state index in [4.69, 9.17) is 5.11 Å². The Morgan fingerprint density at radius 2 is 1.79 bits per heavy atom. The van der Waals surface area contributed by atoms with Crippen molar-refractivity contribution in [3.63, 3.8) is 0 Å². The average Bonchev–Trinajstić information content (AvgIpc) is 2.51. The molecule has 4 heteroatoms. The molecule has 0 spiro atoms. The lowest BCUT2D eigenvalue weighted by Crippen LogP contribution is -2.51. The molecule has 0 aromatic heterocycles. The van der Waals surface area contributed by atoms with Crippen LogP contribution >= 0.6 is 0 Å². The number of aromatic carboxylic acids is 1. The molecule has 1 aliphatic rings. The summed E-state index contributed by atoms with van der Waals surface area (Å²) in [7, 11) is 0. The molecule has 1 heterocycles. The van der Waals surface area contributed by atoms with E-state index in [9.17, 15) is 9.59 Å². The molecule has 1 saturated heterocycles. The summed E-state index contributed by atoms with van der Waals surface area (Å²) in [6.45, 7) is 3.70. The van der Waals surface area contributed by atoms with Crippen LogP contribution < -0.4 is 0 Å². The number of carboxylic acids is 1. The van der Waals surface area contributed by atoms with E-state index in [-0.39, 0.29) is 11.5 Å². The molecule has 1 amide bonds. The lowest BCUT2D eigenvalue weighted by Gasteiger charge is -2.39. The monoisotopic (exact) mass is 323 g/mol. The summed E-state index contributed by atoms with van der Waals surface area (Å²) in [6, 6.07) is 15.0. The second-order valence-corrected chi connectivity index (χ2v) is 6.54. The summed E-state index contributed by atoms with van der Waals surface area (Å²) >= 11 is 0. The van der Waals surface area contributed by atoms with Gasteiger partial charge >= 0.3 is 5.97 Å². The third-order valence-corrected chi connectivity index (χ3v) is 4.47. The standard InChI is InChI=1S/C20H21NO3/c1-14-3-2-4-16(9-14)10-17-12-21(13-17)19(22)11-15-5-7-18(8-6-15)20(23)24/h2-9,17H,10-13H2,1H3,(H,23,24). The smallest absolute Gasteiger partial charge is 0.335 e. The van der Waals surface area contributed by atoms with E-state index in [2.05, 4.69) is 31.2 Å². The van der Waals surface area contributed by atoms with Gasteiger partial charge in [-0.05, 0) is 42.5 Å². The Morgan fingerprint density at radius 1 is 1.08 bits per heavy atom. The van der Waals surface area contributed by atoms with Crippen LogP contribution in [0.1, 0.15) is 27.0 Å². The highest BCUT2D eigenvalue weighted by atomic mass is 16.4. The zero-order chi connectivity index (χ0) is 17.1. The molecular formula is C20H21NO3. The zero-order valence-electron chi connectivity index (χ0n) is 13.7. The Balaban J connectivity index is 1.48. The quantitative estimate of drug-likeness (QED) is 0.920. The highest BCUT2D eigenvalue weighted by Gasteiger charge is 2.30. The molecule has 2 aromatic rings. The second kappa shape index (κ2) is 6.87. The normalized spacial score (nSPS) is 14.3. The molecule has 0 unspecified atom stereocenters. The van der Waals surface area contributed by atoms with Gasteiger partial charge < -0.3 is 10.0 Å². The van der Waals surface area contributed by atoms with E-state index in [0.29, 0.717) is 12.3 Å². The van der Waals surface area contributed by atoms with Crippen LogP contribution in [-0.2, 0) is 17.6 Å². The van der Waals surface area contributed by atoms with Crippen molar-refractivity contribution in [2.45, 2.75) is 19.8 Å². The lowest BCUT2D eigenvalue weighted by atomic mass is 9.91. The van der Waals surface area contributed by atoms with Crippen molar-refractivity contribution < 1.29 is 14.7 Å². The Bertz CT molecular complexity index is 746. The van der Waals surface area contributed by atoms with Gasteiger partial charge in [-0.3, -0.25) is 4.79 Å². The molecular weight excluding hydrogens is 302 g/mol. The van der Waals surface area contributed by atoms with Gasteiger partial charge in [0.1, 0.15) is 0 Å². The van der Waals surface area contributed by atoms with Crippen LogP contribution in [-0.4, -0.2) is 35.0 Å². The summed E-state index contributed by atoms with van der Waals surface area (Å²) < 4.78 is 0. The highest BCUT2D eigenvalue weighted by molar-refractivity contribution is 5.87. The van der Waals surface area contributed by atoms with Crippen molar-refractivity contribution in [1.82, 2.24) is 4.90 Å². The SMILES string of the molecule is Cc1cccc(CC2CN(C(=O)Cc3ccc(C(=O)O)cc3)C2)c1. The minimum Gasteiger partial charge on any atom is -0.478 e. The molecule has 1 aliphatic heterocycles. The van der Waals surface area contributed by atoms with Gasteiger partial charge in [0.05, 0.1) is 12.0 Å². The first-order chi connectivity index (χ1) is 11.5. The van der Waals surface area contributed by atoms with Gasteiger partial charge in [-0.1, -0.05) is 42.0 Å². The predicted octanol–water partition coefficient (Wildman–Crippen LogP) is 2.94. The maximum absolute atomic E-state index is 12.3. The minimum absolute atomic E-state index is 0.110. The van der Waals surface area contributed by atoms with E-state index in [1.165, 1.54) is 11.1 Å². The molecule has 2 aromatic carbocycles. The maximum Gasteiger partial charge on any atom is 0.335 e. The highest BCUT2D eigenvalue weighted by Crippen LogP contribution is 2.22. The van der Waals surface area contributed by atoms with Gasteiger partial charge in [0, 0.05) is 13.1 Å². The Morgan fingerprint density at radius 3 is 2.42 bits per heavy atom. The maximum atomic E-state index is 12.3. The third-order valence-electron chi connectivity index (χ3n) is 4.47. The van der Waals surface area contributed by atoms with E-state index in [1.807, 2.05) is 4.90 Å². The van der Waals surface area contributed by atoms with Crippen LogP contribution in [0.2, 0.25) is 0 Å². The zero-order valence-corrected chi connectivity index (χ0v) is 13.7. The average molecular weight is 323 g/mol. The lowest BCUT2D eigenvalue weighted by molar-refractivity contribution is -0.136. The number of hydrogen-bond acceptors (Lipinski definition) is 2. The topological polar surface area (TPSA) is 57.6 Å². The van der Waals surface area contributed by atoms with Crippen LogP contribution in [0, 0.1) is 12.8 Å². The van der Waals surface area contributed by atoms with E-state index in [0.717, 1.165) is 25.1 Å². The van der Waals surface area contributed by atoms with Gasteiger partial charge in [-0.25, -0.2) is 4.79 Å². The predicted molar refractivity (Wildman–Crippen MR) is 92.1 cm³/mol. The molecule has 0 bridgehead atoms. The number of carboxylic acid groups (broad SMARTS) is 1. The van der Waals surface area contributed by atoms with Crippen molar-refractivity contribution in [2.75, 3.05) is 13.1 Å². The molecule has 124 valence electrons. The third kappa shape index (κ3) is 3.82. The summed E-state index contributed by atoms with van der Waals surface area (Å²) in [6.07, 6.45) is 1.34. The van der Waals surface area contributed by atoms with Gasteiger partial charge in [0.2, 0.25) is 5.91 Å². The Hall–Kier alpha value is -2.62. The molecule has 3 rings (SSSR count). The van der Waals surface area contributed by atoms with Crippen LogP contribution in [0.25, 0.3) is 0 Å². The van der Waals surface area contributed by atoms with E-state index in [1.54, 1.807) is 24.3 Å². The number of carbonyl (C=O) groups excluding carboxylic acids is 1. The number of likely N-dealkylation sites (tertiary alicyclic amines) is 1. The fourth-order valence-electron chi connectivity index (χ4n) is 3.13. The first kappa shape index (κ1) is 16.2. The number of amides is 1. The minimum atomic E-state index is -0.949. The molecule has 0 saturated carbocycles. The summed E-state index contributed by atoms with van der Waals surface area (Å²) in [5.74, 6) is -0.307. The molecule has 4 nitrogen and oxygen atoms in total. The Kier molecular flexibility index (Phi) is 4.65. The molecule has 24 heavy (non-hydrogen) atoms. The van der Waals surface area contributed by atoms with Gasteiger partial charge in [0.25, 0.3) is 0 Å². The van der Waals surface area contributed by atoms with Gasteiger partial charge in [-0.15, -0.1) is 0 Å². The van der Waals surface area contributed by atoms with Crippen molar-refractivity contribution in [2.24, 2.45) is 5.92 Å². The summed E-state index contributed by atoms with van der Waals surface area (Å²) in [5.41, 5.74) is 3.70. The van der Waals surface area contributed by atoms with E-state index < -0.39 is 5.97 Å². The first-order valence-electron chi connectivity index (χ1n) is 8.17. The van der Waals surface area contributed by atoms with Crippen LogP contribution in [0.3, 0.4) is 0 Å². The van der Waals surface area contributed by atoms with Crippen LogP contribution in [0.4, 0.5) is 0 Å². The second-order valence-electron chi connectivity index (χ2n) is 6.54. The number of aryl methyl sites for hydroxylation is 1. The summed E-state index contributed by atoms with van der Waals surface area (Å²) in [5, 5.41) is 8.89. The number of rotatable bonds is 5. The summed E-state index contributed by atoms with van der Waals surface area (Å²) in [4.78, 5) is 25.0. The number of benzene rings is 2. The fourth-order valence-corrected chi connectivity index (χ4v) is 3.13. The largest absolute Gasteiger partial charge is 0.478 e. The van der Waals surface area contributed by atoms with Gasteiger partial charge in [-0.2, -0.15) is 0 Å². The molecule has 1 N–H and O–H groups in total. The van der Waals surface area contributed by atoms with Crippen LogP contribution in [0.5, 0.6) is 0 Å². The van der Waals surface area contributed by atoms with Crippen LogP contribution in [0.15, 0.2) is 48.5 Å². The number of nitrogens with zero attached hydrogens (tertiary/aromatic N) is 1. The fraction of sp³-hybridized carbons (Fsp3) is 0.300. The van der Waals surface area contributed by atoms with Gasteiger partial charge in [0.15, 0.2) is 0 Å². The molecule has 0 radical (unpaired) electrons. The van der Waals surface area contributed by atoms with Crippen molar-refractivity contribution >= 4 is 11.9 Å². The number of hydrogen-bond donors (Lipinski definition) is 1. The van der Waals surface area contributed by atoms with Crippen molar-refractivity contribution in [3.05, 3.63) is 70.8 Å². The first-order valence-corrected chi connectivity index (χ1v) is 8.17. The van der Waals surface area contributed by atoms with Crippen molar-refractivity contribution in [3.8, 4) is 0 Å². The Labute approximate surface area is 141 Å². The van der Waals surface area contributed by atoms with Crippen molar-refractivity contribution in [1.29, 1.82) is 0 Å². The van der Waals surface area contributed by atoms with E-state index >= 15 is 0 Å². The molecule has 1 fully saturated rings. The molecule has 0 atom stereocenters.